The molecule has 6 heteroatoms. The zero-order valence-electron chi connectivity index (χ0n) is 6.47. The van der Waals surface area contributed by atoms with Gasteiger partial charge >= 0.3 is 6.18 Å². The predicted molar refractivity (Wildman–Crippen MR) is 38.8 cm³/mol. The van der Waals surface area contributed by atoms with Crippen LogP contribution < -0.4 is 5.73 Å². The fraction of sp³-hybridized carbons (Fsp3) is 0.833. The van der Waals surface area contributed by atoms with Crippen LogP contribution in [0.15, 0.2) is 5.16 Å². The Hall–Kier alpha value is -0.780. The number of hydrogen-bond acceptors (Lipinski definition) is 3. The molecule has 0 aliphatic heterocycles. The maximum Gasteiger partial charge on any atom is 0.392 e. The molecule has 0 fully saturated rings. The van der Waals surface area contributed by atoms with Crippen molar-refractivity contribution < 1.29 is 18.0 Å². The molecule has 0 aromatic carbocycles. The molecule has 0 heterocycles. The molecule has 0 bridgehead atoms. The molecule has 0 atom stereocenters. The van der Waals surface area contributed by atoms with Crippen molar-refractivity contribution in [2.24, 2.45) is 10.9 Å². The van der Waals surface area contributed by atoms with Crippen molar-refractivity contribution in [3.05, 3.63) is 0 Å². The molecule has 2 N–H and O–H groups in total. The van der Waals surface area contributed by atoms with Crippen molar-refractivity contribution in [2.45, 2.75) is 19.0 Å². The van der Waals surface area contributed by atoms with Crippen LogP contribution in [-0.2, 0) is 4.84 Å². The number of hydrogen-bond donors (Lipinski definition) is 1. The average Bonchev–Trinajstić information content (AvgIpc) is 1.94. The largest absolute Gasteiger partial charge is 0.396 e. The Morgan fingerprint density at radius 2 is 2.08 bits per heavy atom. The summed E-state index contributed by atoms with van der Waals surface area (Å²) in [5.41, 5.74) is 5.09. The first-order valence-corrected chi connectivity index (χ1v) is 3.47. The summed E-state index contributed by atoms with van der Waals surface area (Å²) in [4.78, 5) is 4.31. The van der Waals surface area contributed by atoms with E-state index in [2.05, 4.69) is 9.99 Å². The van der Waals surface area contributed by atoms with Gasteiger partial charge in [0.05, 0.1) is 6.42 Å². The van der Waals surface area contributed by atoms with Crippen molar-refractivity contribution >= 4 is 6.21 Å². The highest BCUT2D eigenvalue weighted by atomic mass is 19.4. The van der Waals surface area contributed by atoms with E-state index in [-0.39, 0.29) is 0 Å². The maximum atomic E-state index is 11.5. The van der Waals surface area contributed by atoms with Crippen LogP contribution in [0.2, 0.25) is 0 Å². The predicted octanol–water partition coefficient (Wildman–Crippen LogP) is 1.29. The Morgan fingerprint density at radius 1 is 1.42 bits per heavy atom. The van der Waals surface area contributed by atoms with E-state index in [1.807, 2.05) is 0 Å². The molecule has 0 unspecified atom stereocenters. The van der Waals surface area contributed by atoms with Gasteiger partial charge < -0.3 is 10.6 Å². The smallest absolute Gasteiger partial charge is 0.392 e. The monoisotopic (exact) mass is 184 g/mol. The van der Waals surface area contributed by atoms with E-state index in [1.165, 1.54) is 6.21 Å². The first-order chi connectivity index (χ1) is 5.56. The number of oxime groups is 1. The Morgan fingerprint density at radius 3 is 2.58 bits per heavy atom. The van der Waals surface area contributed by atoms with Crippen LogP contribution in [-0.4, -0.2) is 25.5 Å². The van der Waals surface area contributed by atoms with Crippen LogP contribution >= 0.6 is 0 Å². The summed E-state index contributed by atoms with van der Waals surface area (Å²) in [6.07, 6.45) is -3.31. The lowest BCUT2D eigenvalue weighted by Crippen LogP contribution is -2.10. The second kappa shape index (κ2) is 5.82. The molecule has 12 heavy (non-hydrogen) atoms. The van der Waals surface area contributed by atoms with Gasteiger partial charge in [-0.3, -0.25) is 0 Å². The van der Waals surface area contributed by atoms with E-state index >= 15 is 0 Å². The summed E-state index contributed by atoms with van der Waals surface area (Å²) >= 11 is 0. The lowest BCUT2D eigenvalue weighted by Gasteiger charge is -2.03. The highest BCUT2D eigenvalue weighted by Gasteiger charge is 2.26. The van der Waals surface area contributed by atoms with Crippen LogP contribution in [0, 0.1) is 0 Å². The van der Waals surface area contributed by atoms with Crippen LogP contribution in [0.5, 0.6) is 0 Å². The van der Waals surface area contributed by atoms with E-state index in [9.17, 15) is 13.2 Å². The van der Waals surface area contributed by atoms with Gasteiger partial charge in [0.25, 0.3) is 0 Å². The van der Waals surface area contributed by atoms with E-state index < -0.39 is 19.2 Å². The van der Waals surface area contributed by atoms with E-state index in [0.29, 0.717) is 13.0 Å². The number of nitrogens with zero attached hydrogens (tertiary/aromatic N) is 1. The number of rotatable bonds is 5. The topological polar surface area (TPSA) is 47.6 Å². The molecule has 0 saturated heterocycles. The molecule has 3 nitrogen and oxygen atoms in total. The zero-order valence-corrected chi connectivity index (χ0v) is 6.47. The lowest BCUT2D eigenvalue weighted by molar-refractivity contribution is -0.145. The minimum atomic E-state index is -4.18. The number of halogens is 3. The third-order valence-corrected chi connectivity index (χ3v) is 0.922. The van der Waals surface area contributed by atoms with Crippen molar-refractivity contribution in [1.82, 2.24) is 0 Å². The molecule has 0 radical (unpaired) electrons. The first-order valence-electron chi connectivity index (χ1n) is 3.47. The molecule has 0 aliphatic carbocycles. The molecule has 0 aromatic rings. The van der Waals surface area contributed by atoms with Crippen molar-refractivity contribution in [3.63, 3.8) is 0 Å². The van der Waals surface area contributed by atoms with Gasteiger partial charge in [0.1, 0.15) is 6.61 Å². The lowest BCUT2D eigenvalue weighted by atomic mass is 10.5. The fourth-order valence-electron chi connectivity index (χ4n) is 0.394. The van der Waals surface area contributed by atoms with Gasteiger partial charge in [-0.15, -0.1) is 0 Å². The molecular formula is C6H11F3N2O. The van der Waals surface area contributed by atoms with Crippen LogP contribution in [0.1, 0.15) is 12.8 Å². The Kier molecular flexibility index (Phi) is 5.44. The summed E-state index contributed by atoms with van der Waals surface area (Å²) in [6.45, 7) is -0.0310. The summed E-state index contributed by atoms with van der Waals surface area (Å²) < 4.78 is 34.4. The minimum Gasteiger partial charge on any atom is -0.396 e. The highest BCUT2D eigenvalue weighted by Crippen LogP contribution is 2.18. The van der Waals surface area contributed by atoms with Crippen molar-refractivity contribution in [1.29, 1.82) is 0 Å². The first kappa shape index (κ1) is 11.2. The van der Waals surface area contributed by atoms with Crippen LogP contribution in [0.4, 0.5) is 13.2 Å². The van der Waals surface area contributed by atoms with Crippen LogP contribution in [0.3, 0.4) is 0 Å². The number of nitrogens with two attached hydrogens (primary N) is 1. The normalized spacial score (nSPS) is 12.3. The molecule has 0 aromatic heterocycles. The molecule has 72 valence electrons. The Balaban J connectivity index is 3.21. The Bertz CT molecular complexity index is 135. The summed E-state index contributed by atoms with van der Waals surface area (Å²) in [7, 11) is 0. The fourth-order valence-corrected chi connectivity index (χ4v) is 0.394. The van der Waals surface area contributed by atoms with Gasteiger partial charge in [-0.2, -0.15) is 13.2 Å². The van der Waals surface area contributed by atoms with Gasteiger partial charge in [-0.1, -0.05) is 5.16 Å². The van der Waals surface area contributed by atoms with Gasteiger partial charge in [0.15, 0.2) is 0 Å². The van der Waals surface area contributed by atoms with Crippen molar-refractivity contribution in [2.75, 3.05) is 13.2 Å². The third kappa shape index (κ3) is 9.22. The molecule has 0 rings (SSSR count). The zero-order chi connectivity index (χ0) is 9.45. The van der Waals surface area contributed by atoms with Gasteiger partial charge in [0.2, 0.25) is 0 Å². The molecule has 0 spiro atoms. The third-order valence-electron chi connectivity index (χ3n) is 0.922. The molecule has 0 saturated carbocycles. The second-order valence-electron chi connectivity index (χ2n) is 2.06. The molecule has 0 amide bonds. The molecule has 0 aliphatic rings. The average molecular weight is 184 g/mol. The van der Waals surface area contributed by atoms with Crippen LogP contribution in [0.25, 0.3) is 0 Å². The SMILES string of the molecule is NCC/C=N/OCCC(F)(F)F. The second-order valence-corrected chi connectivity index (χ2v) is 2.06. The Labute approximate surface area is 68.4 Å². The molecular weight excluding hydrogens is 173 g/mol. The standard InChI is InChI=1S/C6H11F3N2O/c7-6(8,9)2-5-12-11-4-1-3-10/h4H,1-3,5,10H2/b11-4+. The van der Waals surface area contributed by atoms with E-state index in [1.54, 1.807) is 0 Å². The van der Waals surface area contributed by atoms with E-state index in [0.717, 1.165) is 0 Å². The number of alkyl halides is 3. The van der Waals surface area contributed by atoms with E-state index in [4.69, 9.17) is 5.73 Å². The summed E-state index contributed by atoms with van der Waals surface area (Å²) in [5.74, 6) is 0. The highest BCUT2D eigenvalue weighted by molar-refractivity contribution is 5.56. The quantitative estimate of drug-likeness (QED) is 0.397. The van der Waals surface area contributed by atoms with Gasteiger partial charge in [0, 0.05) is 6.21 Å². The summed E-state index contributed by atoms with van der Waals surface area (Å²) in [6, 6.07) is 0. The van der Waals surface area contributed by atoms with Gasteiger partial charge in [-0.25, -0.2) is 0 Å². The maximum absolute atomic E-state index is 11.5. The summed E-state index contributed by atoms with van der Waals surface area (Å²) in [5, 5.41) is 3.26. The van der Waals surface area contributed by atoms with Gasteiger partial charge in [-0.05, 0) is 13.0 Å². The minimum absolute atomic E-state index is 0.409. The van der Waals surface area contributed by atoms with Crippen molar-refractivity contribution in [3.8, 4) is 0 Å².